The second-order valence-electron chi connectivity index (χ2n) is 3.26. The molecule has 1 aromatic heterocycles. The predicted octanol–water partition coefficient (Wildman–Crippen LogP) is 1.27. The monoisotopic (exact) mass is 227 g/mol. The third kappa shape index (κ3) is 4.12. The van der Waals surface area contributed by atoms with Crippen molar-refractivity contribution in [3.63, 3.8) is 0 Å². The molecule has 0 saturated heterocycles. The van der Waals surface area contributed by atoms with E-state index in [-0.39, 0.29) is 5.91 Å². The van der Waals surface area contributed by atoms with Gasteiger partial charge in [-0.1, -0.05) is 0 Å². The van der Waals surface area contributed by atoms with Crippen LogP contribution in [0.3, 0.4) is 0 Å². The highest BCUT2D eigenvalue weighted by atomic mass is 32.1. The average molecular weight is 227 g/mol. The number of amides is 1. The van der Waals surface area contributed by atoms with Crippen LogP contribution in [0.5, 0.6) is 0 Å². The minimum Gasteiger partial charge on any atom is -0.480 e. The molecule has 0 bridgehead atoms. The Morgan fingerprint density at radius 1 is 1.60 bits per heavy atom. The van der Waals surface area contributed by atoms with Crippen molar-refractivity contribution >= 4 is 23.2 Å². The van der Waals surface area contributed by atoms with Gasteiger partial charge in [0.2, 0.25) is 5.91 Å². The number of nitrogens with one attached hydrogen (secondary N) is 1. The van der Waals surface area contributed by atoms with Crippen LogP contribution in [0.4, 0.5) is 0 Å². The average Bonchev–Trinajstić information content (AvgIpc) is 2.63. The van der Waals surface area contributed by atoms with Gasteiger partial charge in [0, 0.05) is 6.92 Å². The largest absolute Gasteiger partial charge is 0.480 e. The van der Waals surface area contributed by atoms with Crippen molar-refractivity contribution in [2.45, 2.75) is 25.8 Å². The quantitative estimate of drug-likeness (QED) is 0.796. The summed E-state index contributed by atoms with van der Waals surface area (Å²) in [5.74, 6) is -1.30. The summed E-state index contributed by atoms with van der Waals surface area (Å²) >= 11 is 1.58. The fourth-order valence-electron chi connectivity index (χ4n) is 1.25. The zero-order valence-electron chi connectivity index (χ0n) is 8.40. The van der Waals surface area contributed by atoms with E-state index in [9.17, 15) is 9.59 Å². The summed E-state index contributed by atoms with van der Waals surface area (Å²) in [4.78, 5) is 21.5. The van der Waals surface area contributed by atoms with E-state index in [0.29, 0.717) is 12.8 Å². The van der Waals surface area contributed by atoms with Crippen molar-refractivity contribution in [2.24, 2.45) is 0 Å². The lowest BCUT2D eigenvalue weighted by atomic mass is 10.1. The Morgan fingerprint density at radius 2 is 2.33 bits per heavy atom. The van der Waals surface area contributed by atoms with Crippen LogP contribution in [-0.4, -0.2) is 23.0 Å². The van der Waals surface area contributed by atoms with Crippen LogP contribution in [0.2, 0.25) is 0 Å². The summed E-state index contributed by atoms with van der Waals surface area (Å²) < 4.78 is 0. The Kier molecular flexibility index (Phi) is 4.30. The van der Waals surface area contributed by atoms with Crippen LogP contribution < -0.4 is 5.32 Å². The highest BCUT2D eigenvalue weighted by molar-refractivity contribution is 7.07. The maximum atomic E-state index is 10.8. The predicted molar refractivity (Wildman–Crippen MR) is 57.9 cm³/mol. The molecule has 0 aliphatic heterocycles. The molecule has 0 spiro atoms. The van der Waals surface area contributed by atoms with Crippen molar-refractivity contribution in [1.82, 2.24) is 5.32 Å². The van der Waals surface area contributed by atoms with Gasteiger partial charge in [-0.3, -0.25) is 4.79 Å². The first-order chi connectivity index (χ1) is 7.09. The maximum absolute atomic E-state index is 10.8. The molecule has 5 heteroatoms. The van der Waals surface area contributed by atoms with Gasteiger partial charge in [0.15, 0.2) is 0 Å². The van der Waals surface area contributed by atoms with Gasteiger partial charge < -0.3 is 10.4 Å². The topological polar surface area (TPSA) is 66.4 Å². The highest BCUT2D eigenvalue weighted by Gasteiger charge is 2.17. The number of carboxylic acids is 1. The molecule has 1 rings (SSSR count). The minimum absolute atomic E-state index is 0.312. The summed E-state index contributed by atoms with van der Waals surface area (Å²) in [5.41, 5.74) is 1.11. The van der Waals surface area contributed by atoms with Crippen LogP contribution in [-0.2, 0) is 16.0 Å². The highest BCUT2D eigenvalue weighted by Crippen LogP contribution is 2.09. The molecule has 0 saturated carbocycles. The number of hydrogen-bond acceptors (Lipinski definition) is 3. The third-order valence-corrected chi connectivity index (χ3v) is 2.71. The van der Waals surface area contributed by atoms with E-state index in [1.54, 1.807) is 11.3 Å². The molecule has 0 aliphatic carbocycles. The van der Waals surface area contributed by atoms with Crippen molar-refractivity contribution in [1.29, 1.82) is 0 Å². The lowest BCUT2D eigenvalue weighted by molar-refractivity contribution is -0.141. The maximum Gasteiger partial charge on any atom is 0.326 e. The number of thiophene rings is 1. The van der Waals surface area contributed by atoms with E-state index >= 15 is 0 Å². The lowest BCUT2D eigenvalue weighted by Crippen LogP contribution is -2.39. The molecule has 0 radical (unpaired) electrons. The molecule has 1 amide bonds. The van der Waals surface area contributed by atoms with Gasteiger partial charge in [-0.15, -0.1) is 0 Å². The Labute approximate surface area is 91.9 Å². The van der Waals surface area contributed by atoms with E-state index in [0.717, 1.165) is 5.56 Å². The van der Waals surface area contributed by atoms with Crippen molar-refractivity contribution in [3.05, 3.63) is 22.4 Å². The van der Waals surface area contributed by atoms with Crippen LogP contribution >= 0.6 is 11.3 Å². The molecule has 2 N–H and O–H groups in total. The summed E-state index contributed by atoms with van der Waals surface area (Å²) in [7, 11) is 0. The van der Waals surface area contributed by atoms with E-state index in [1.165, 1.54) is 6.92 Å². The van der Waals surface area contributed by atoms with Gasteiger partial charge in [0.05, 0.1) is 0 Å². The molecule has 1 heterocycles. The summed E-state index contributed by atoms with van der Waals surface area (Å²) in [6.07, 6.45) is 1.09. The molecule has 15 heavy (non-hydrogen) atoms. The second kappa shape index (κ2) is 5.50. The Hall–Kier alpha value is -1.36. The summed E-state index contributed by atoms with van der Waals surface area (Å²) in [6.45, 7) is 1.32. The zero-order chi connectivity index (χ0) is 11.3. The molecule has 82 valence electrons. The smallest absolute Gasteiger partial charge is 0.326 e. The number of hydrogen-bond donors (Lipinski definition) is 2. The van der Waals surface area contributed by atoms with Crippen molar-refractivity contribution in [2.75, 3.05) is 0 Å². The van der Waals surface area contributed by atoms with Crippen LogP contribution in [0.15, 0.2) is 16.8 Å². The first kappa shape index (κ1) is 11.7. The van der Waals surface area contributed by atoms with Gasteiger partial charge in [0.25, 0.3) is 0 Å². The molecular formula is C10H13NO3S. The normalized spacial score (nSPS) is 12.1. The molecular weight excluding hydrogens is 214 g/mol. The van der Waals surface area contributed by atoms with Gasteiger partial charge in [-0.2, -0.15) is 11.3 Å². The number of carbonyl (C=O) groups excluding carboxylic acids is 1. The van der Waals surface area contributed by atoms with E-state index in [4.69, 9.17) is 5.11 Å². The van der Waals surface area contributed by atoms with Gasteiger partial charge in [-0.05, 0) is 35.2 Å². The zero-order valence-corrected chi connectivity index (χ0v) is 9.21. The third-order valence-electron chi connectivity index (χ3n) is 1.98. The first-order valence-corrected chi connectivity index (χ1v) is 5.55. The Morgan fingerprint density at radius 3 is 2.80 bits per heavy atom. The number of aliphatic carboxylic acids is 1. The van der Waals surface area contributed by atoms with Gasteiger partial charge >= 0.3 is 5.97 Å². The van der Waals surface area contributed by atoms with Crippen molar-refractivity contribution < 1.29 is 14.7 Å². The van der Waals surface area contributed by atoms with Gasteiger partial charge in [0.1, 0.15) is 6.04 Å². The fraction of sp³-hybridized carbons (Fsp3) is 0.400. The molecule has 0 aromatic carbocycles. The molecule has 1 aromatic rings. The van der Waals surface area contributed by atoms with E-state index in [1.807, 2.05) is 16.8 Å². The van der Waals surface area contributed by atoms with Crippen molar-refractivity contribution in [3.8, 4) is 0 Å². The Bertz CT molecular complexity index is 334. The van der Waals surface area contributed by atoms with Crippen LogP contribution in [0.25, 0.3) is 0 Å². The number of carboxylic acid groups (broad SMARTS) is 1. The van der Waals surface area contributed by atoms with Crippen LogP contribution in [0, 0.1) is 0 Å². The number of rotatable bonds is 5. The molecule has 0 aliphatic rings. The molecule has 1 unspecified atom stereocenters. The minimum atomic E-state index is -0.986. The number of carbonyl (C=O) groups is 2. The number of aryl methyl sites for hydroxylation is 1. The Balaban J connectivity index is 2.45. The molecule has 1 atom stereocenters. The lowest BCUT2D eigenvalue weighted by Gasteiger charge is -2.12. The first-order valence-electron chi connectivity index (χ1n) is 4.60. The molecule has 4 nitrogen and oxygen atoms in total. The fourth-order valence-corrected chi connectivity index (χ4v) is 1.95. The molecule has 0 fully saturated rings. The second-order valence-corrected chi connectivity index (χ2v) is 4.04. The van der Waals surface area contributed by atoms with E-state index in [2.05, 4.69) is 5.32 Å². The van der Waals surface area contributed by atoms with E-state index < -0.39 is 12.0 Å². The summed E-state index contributed by atoms with van der Waals surface area (Å²) in [5, 5.41) is 15.2. The van der Waals surface area contributed by atoms with Crippen LogP contribution in [0.1, 0.15) is 18.9 Å². The summed E-state index contributed by atoms with van der Waals surface area (Å²) in [6, 6.07) is 1.17. The SMILES string of the molecule is CC(=O)NC(CCc1ccsc1)C(=O)O. The van der Waals surface area contributed by atoms with Gasteiger partial charge in [-0.25, -0.2) is 4.79 Å². The standard InChI is InChI=1S/C10H13NO3S/c1-7(12)11-9(10(13)14)3-2-8-4-5-15-6-8/h4-6,9H,2-3H2,1H3,(H,11,12)(H,13,14).